The number of anilines is 1. The Bertz CT molecular complexity index is 456. The van der Waals surface area contributed by atoms with E-state index < -0.39 is 5.92 Å². The first kappa shape index (κ1) is 11.2. The van der Waals surface area contributed by atoms with Crippen LogP contribution in [0.15, 0.2) is 18.2 Å². The molecule has 16 heavy (non-hydrogen) atoms. The second-order valence-electron chi connectivity index (χ2n) is 3.50. The van der Waals surface area contributed by atoms with E-state index in [0.717, 1.165) is 5.01 Å². The van der Waals surface area contributed by atoms with Crippen LogP contribution in [0.5, 0.6) is 0 Å². The minimum Gasteiger partial charge on any atom is -0.272 e. The average Bonchev–Trinajstić information content (AvgIpc) is 2.44. The highest BCUT2D eigenvalue weighted by molar-refractivity contribution is 6.35. The maximum Gasteiger partial charge on any atom is 0.258 e. The van der Waals surface area contributed by atoms with Crippen molar-refractivity contribution in [1.29, 1.82) is 0 Å². The molecule has 0 spiro atoms. The van der Waals surface area contributed by atoms with Gasteiger partial charge in [-0.15, -0.1) is 0 Å². The maximum atomic E-state index is 11.7. The summed E-state index contributed by atoms with van der Waals surface area (Å²) in [5.41, 5.74) is 2.91. The summed E-state index contributed by atoms with van der Waals surface area (Å²) < 4.78 is 0. The largest absolute Gasteiger partial charge is 0.272 e. The molecule has 1 atom stereocenters. The van der Waals surface area contributed by atoms with E-state index in [2.05, 4.69) is 5.43 Å². The molecule has 1 unspecified atom stereocenters. The predicted molar refractivity (Wildman–Crippen MR) is 61.3 cm³/mol. The Morgan fingerprint density at radius 1 is 1.19 bits per heavy atom. The monoisotopic (exact) mass is 258 g/mol. The summed E-state index contributed by atoms with van der Waals surface area (Å²) >= 11 is 11.6. The molecule has 1 aromatic rings. The molecule has 1 aliphatic rings. The van der Waals surface area contributed by atoms with Crippen LogP contribution in [-0.4, -0.2) is 11.8 Å². The van der Waals surface area contributed by atoms with E-state index in [1.54, 1.807) is 25.1 Å². The van der Waals surface area contributed by atoms with Crippen molar-refractivity contribution in [2.24, 2.45) is 5.92 Å². The van der Waals surface area contributed by atoms with Crippen LogP contribution in [0.25, 0.3) is 0 Å². The smallest absolute Gasteiger partial charge is 0.258 e. The first-order valence-corrected chi connectivity index (χ1v) is 5.35. The molecule has 0 aromatic heterocycles. The van der Waals surface area contributed by atoms with Gasteiger partial charge in [0.05, 0.1) is 5.69 Å². The van der Waals surface area contributed by atoms with Crippen LogP contribution in [0.2, 0.25) is 10.0 Å². The normalized spacial score (nSPS) is 20.2. The zero-order valence-corrected chi connectivity index (χ0v) is 9.84. The summed E-state index contributed by atoms with van der Waals surface area (Å²) in [7, 11) is 0. The number of hydrogen-bond acceptors (Lipinski definition) is 2. The number of hydrazine groups is 1. The summed E-state index contributed by atoms with van der Waals surface area (Å²) in [5.74, 6) is -1.33. The number of carbonyl (C=O) groups is 2. The first-order chi connectivity index (χ1) is 7.49. The quantitative estimate of drug-likeness (QED) is 0.784. The predicted octanol–water partition coefficient (Wildman–Crippen LogP) is 2.01. The van der Waals surface area contributed by atoms with Gasteiger partial charge in [-0.1, -0.05) is 23.2 Å². The number of hydrogen-bond donors (Lipinski definition) is 1. The standard InChI is InChI=1S/C10H8Cl2N2O2/c1-5-9(15)13-14(10(5)16)8-3-6(11)2-7(12)4-8/h2-5H,1H3,(H,13,15). The third kappa shape index (κ3) is 1.86. The number of amides is 2. The summed E-state index contributed by atoms with van der Waals surface area (Å²) in [5, 5.41) is 1.97. The minimum absolute atomic E-state index is 0.316. The van der Waals surface area contributed by atoms with Crippen LogP contribution in [0.3, 0.4) is 0 Å². The van der Waals surface area contributed by atoms with Crippen LogP contribution in [0.4, 0.5) is 5.69 Å². The van der Waals surface area contributed by atoms with E-state index in [9.17, 15) is 9.59 Å². The van der Waals surface area contributed by atoms with Crippen LogP contribution in [0.1, 0.15) is 6.92 Å². The zero-order chi connectivity index (χ0) is 11.9. The molecular weight excluding hydrogens is 251 g/mol. The van der Waals surface area contributed by atoms with Gasteiger partial charge in [0.2, 0.25) is 0 Å². The Hall–Kier alpha value is -1.26. The topological polar surface area (TPSA) is 49.4 Å². The van der Waals surface area contributed by atoms with E-state index in [-0.39, 0.29) is 11.8 Å². The van der Waals surface area contributed by atoms with Crippen LogP contribution in [0, 0.1) is 5.92 Å². The highest BCUT2D eigenvalue weighted by Crippen LogP contribution is 2.27. The number of halogens is 2. The second kappa shape index (κ2) is 3.96. The fourth-order valence-corrected chi connectivity index (χ4v) is 1.94. The molecule has 2 amide bonds. The SMILES string of the molecule is CC1C(=O)NN(c2cc(Cl)cc(Cl)c2)C1=O. The molecule has 0 aliphatic carbocycles. The molecule has 0 radical (unpaired) electrons. The summed E-state index contributed by atoms with van der Waals surface area (Å²) in [6, 6.07) is 4.67. The van der Waals surface area contributed by atoms with Gasteiger partial charge in [-0.2, -0.15) is 0 Å². The molecule has 1 N–H and O–H groups in total. The fourth-order valence-electron chi connectivity index (χ4n) is 1.43. The van der Waals surface area contributed by atoms with Gasteiger partial charge in [0.15, 0.2) is 0 Å². The Balaban J connectivity index is 2.38. The lowest BCUT2D eigenvalue weighted by molar-refractivity contribution is -0.126. The number of rotatable bonds is 1. The number of carbonyl (C=O) groups excluding carboxylic acids is 2. The third-order valence-corrected chi connectivity index (χ3v) is 2.75. The lowest BCUT2D eigenvalue weighted by Crippen LogP contribution is -2.35. The van der Waals surface area contributed by atoms with Crippen LogP contribution in [-0.2, 0) is 9.59 Å². The molecule has 0 bridgehead atoms. The summed E-state index contributed by atoms with van der Waals surface area (Å²) in [4.78, 5) is 23.0. The Morgan fingerprint density at radius 3 is 2.19 bits per heavy atom. The molecule has 2 rings (SSSR count). The van der Waals surface area contributed by atoms with Gasteiger partial charge in [-0.05, 0) is 25.1 Å². The second-order valence-corrected chi connectivity index (χ2v) is 4.37. The van der Waals surface area contributed by atoms with Gasteiger partial charge in [-0.3, -0.25) is 15.0 Å². The molecular formula is C10H8Cl2N2O2. The fraction of sp³-hybridized carbons (Fsp3) is 0.200. The molecule has 84 valence electrons. The van der Waals surface area contributed by atoms with E-state index in [0.29, 0.717) is 15.7 Å². The van der Waals surface area contributed by atoms with Gasteiger partial charge in [0, 0.05) is 10.0 Å². The lowest BCUT2D eigenvalue weighted by Gasteiger charge is -2.15. The zero-order valence-electron chi connectivity index (χ0n) is 8.33. The molecule has 1 fully saturated rings. The number of benzene rings is 1. The highest BCUT2D eigenvalue weighted by Gasteiger charge is 2.36. The number of nitrogens with one attached hydrogen (secondary N) is 1. The highest BCUT2D eigenvalue weighted by atomic mass is 35.5. The van der Waals surface area contributed by atoms with Crippen molar-refractivity contribution in [3.8, 4) is 0 Å². The molecule has 1 heterocycles. The Labute approximate surface area is 102 Å². The molecule has 6 heteroatoms. The van der Waals surface area contributed by atoms with E-state index in [4.69, 9.17) is 23.2 Å². The van der Waals surface area contributed by atoms with E-state index in [1.807, 2.05) is 0 Å². The first-order valence-electron chi connectivity index (χ1n) is 4.59. The van der Waals surface area contributed by atoms with Crippen LogP contribution >= 0.6 is 23.2 Å². The van der Waals surface area contributed by atoms with Gasteiger partial charge in [0.1, 0.15) is 5.92 Å². The van der Waals surface area contributed by atoms with Gasteiger partial charge in [0.25, 0.3) is 11.8 Å². The van der Waals surface area contributed by atoms with E-state index in [1.165, 1.54) is 0 Å². The van der Waals surface area contributed by atoms with Crippen molar-refractivity contribution in [2.45, 2.75) is 6.92 Å². The summed E-state index contributed by atoms with van der Waals surface area (Å²) in [6.07, 6.45) is 0. The van der Waals surface area contributed by atoms with E-state index >= 15 is 0 Å². The molecule has 0 saturated carbocycles. The summed E-state index contributed by atoms with van der Waals surface area (Å²) in [6.45, 7) is 1.55. The van der Waals surface area contributed by atoms with Crippen LogP contribution < -0.4 is 10.4 Å². The molecule has 1 aromatic carbocycles. The lowest BCUT2D eigenvalue weighted by atomic mass is 10.2. The Kier molecular flexibility index (Phi) is 2.78. The van der Waals surface area contributed by atoms with Crippen molar-refractivity contribution in [3.63, 3.8) is 0 Å². The van der Waals surface area contributed by atoms with Crippen molar-refractivity contribution in [2.75, 3.05) is 5.01 Å². The van der Waals surface area contributed by atoms with Crippen molar-refractivity contribution < 1.29 is 9.59 Å². The van der Waals surface area contributed by atoms with Gasteiger partial charge < -0.3 is 0 Å². The molecule has 4 nitrogen and oxygen atoms in total. The number of nitrogens with zero attached hydrogens (tertiary/aromatic N) is 1. The maximum absolute atomic E-state index is 11.7. The minimum atomic E-state index is -0.683. The average molecular weight is 259 g/mol. The van der Waals surface area contributed by atoms with Crippen molar-refractivity contribution in [3.05, 3.63) is 28.2 Å². The van der Waals surface area contributed by atoms with Crippen molar-refractivity contribution in [1.82, 2.24) is 5.43 Å². The van der Waals surface area contributed by atoms with Gasteiger partial charge >= 0.3 is 0 Å². The van der Waals surface area contributed by atoms with Crippen molar-refractivity contribution >= 4 is 40.7 Å². The Morgan fingerprint density at radius 2 is 1.75 bits per heavy atom. The van der Waals surface area contributed by atoms with Gasteiger partial charge in [-0.25, -0.2) is 5.01 Å². The third-order valence-electron chi connectivity index (χ3n) is 2.31. The molecule has 1 aliphatic heterocycles. The molecule has 1 saturated heterocycles.